The smallest absolute Gasteiger partial charge is 0.0426 e. The number of benzene rings is 1. The molecule has 0 aromatic heterocycles. The highest BCUT2D eigenvalue weighted by atomic mass is 35.5. The van der Waals surface area contributed by atoms with Crippen LogP contribution in [0.4, 0.5) is 5.69 Å². The normalized spacial score (nSPS) is 16.1. The average molecular weight is 309 g/mol. The molecule has 1 fully saturated rings. The number of nitrogens with one attached hydrogen (secondary N) is 1. The van der Waals surface area contributed by atoms with E-state index < -0.39 is 0 Å². The van der Waals surface area contributed by atoms with Crippen LogP contribution in [0, 0.1) is 5.92 Å². The van der Waals surface area contributed by atoms with E-state index in [1.807, 2.05) is 6.07 Å². The second-order valence-corrected chi connectivity index (χ2v) is 6.77. The maximum absolute atomic E-state index is 6.22. The second kappa shape index (κ2) is 8.65. The lowest BCUT2D eigenvalue weighted by Gasteiger charge is -2.30. The minimum absolute atomic E-state index is 0.833. The van der Waals surface area contributed by atoms with Gasteiger partial charge in [-0.05, 0) is 49.4 Å². The van der Waals surface area contributed by atoms with Gasteiger partial charge in [-0.1, -0.05) is 43.9 Å². The first-order valence-corrected chi connectivity index (χ1v) is 8.78. The van der Waals surface area contributed by atoms with Gasteiger partial charge in [-0.3, -0.25) is 0 Å². The van der Waals surface area contributed by atoms with Crippen LogP contribution in [0.1, 0.15) is 51.0 Å². The van der Waals surface area contributed by atoms with Gasteiger partial charge in [0.05, 0.1) is 0 Å². The largest absolute Gasteiger partial charge is 0.374 e. The molecule has 2 rings (SSSR count). The van der Waals surface area contributed by atoms with E-state index in [-0.39, 0.29) is 0 Å². The van der Waals surface area contributed by atoms with Gasteiger partial charge in [0.25, 0.3) is 0 Å². The fourth-order valence-corrected chi connectivity index (χ4v) is 3.46. The van der Waals surface area contributed by atoms with E-state index in [4.69, 9.17) is 11.6 Å². The van der Waals surface area contributed by atoms with Gasteiger partial charge in [0, 0.05) is 30.8 Å². The Labute approximate surface area is 134 Å². The van der Waals surface area contributed by atoms with Crippen molar-refractivity contribution in [2.45, 2.75) is 52.0 Å². The van der Waals surface area contributed by atoms with Gasteiger partial charge in [0.1, 0.15) is 0 Å². The first-order valence-electron chi connectivity index (χ1n) is 8.41. The highest BCUT2D eigenvalue weighted by Crippen LogP contribution is 2.29. The third kappa shape index (κ3) is 5.19. The second-order valence-electron chi connectivity index (χ2n) is 6.33. The van der Waals surface area contributed by atoms with Crippen molar-refractivity contribution in [1.29, 1.82) is 0 Å². The van der Waals surface area contributed by atoms with Crippen LogP contribution in [0.5, 0.6) is 0 Å². The first kappa shape index (κ1) is 16.6. The average Bonchev–Trinajstić information content (AvgIpc) is 2.50. The van der Waals surface area contributed by atoms with Gasteiger partial charge in [-0.15, -0.1) is 0 Å². The Bertz CT molecular complexity index is 427. The summed E-state index contributed by atoms with van der Waals surface area (Å²) in [6.07, 6.45) is 8.16. The lowest BCUT2D eigenvalue weighted by molar-refractivity contribution is 0.362. The van der Waals surface area contributed by atoms with Crippen molar-refractivity contribution in [3.05, 3.63) is 28.8 Å². The zero-order valence-electron chi connectivity index (χ0n) is 13.5. The van der Waals surface area contributed by atoms with E-state index in [1.165, 1.54) is 49.8 Å². The third-order valence-electron chi connectivity index (χ3n) is 4.46. The zero-order chi connectivity index (χ0) is 15.1. The molecule has 0 spiro atoms. The van der Waals surface area contributed by atoms with Crippen LogP contribution in [-0.4, -0.2) is 20.1 Å². The molecule has 1 aliphatic rings. The van der Waals surface area contributed by atoms with E-state index in [0.717, 1.165) is 30.6 Å². The predicted molar refractivity (Wildman–Crippen MR) is 93.3 cm³/mol. The third-order valence-corrected chi connectivity index (χ3v) is 4.69. The summed E-state index contributed by atoms with van der Waals surface area (Å²) in [7, 11) is 2.21. The molecular weight excluding hydrogens is 280 g/mol. The molecule has 118 valence electrons. The summed E-state index contributed by atoms with van der Waals surface area (Å²) in [4.78, 5) is 2.41. The van der Waals surface area contributed by atoms with Gasteiger partial charge in [-0.2, -0.15) is 0 Å². The van der Waals surface area contributed by atoms with E-state index >= 15 is 0 Å². The molecule has 1 aromatic carbocycles. The summed E-state index contributed by atoms with van der Waals surface area (Å²) in [5, 5.41) is 4.33. The Morgan fingerprint density at radius 3 is 2.71 bits per heavy atom. The van der Waals surface area contributed by atoms with Gasteiger partial charge >= 0.3 is 0 Å². The minimum atomic E-state index is 0.833. The maximum Gasteiger partial charge on any atom is 0.0426 e. The highest BCUT2D eigenvalue weighted by Gasteiger charge is 2.17. The number of halogens is 1. The molecule has 0 saturated heterocycles. The van der Waals surface area contributed by atoms with Crippen LogP contribution in [0.2, 0.25) is 5.02 Å². The maximum atomic E-state index is 6.22. The summed E-state index contributed by atoms with van der Waals surface area (Å²) < 4.78 is 0. The molecule has 0 atom stereocenters. The number of rotatable bonds is 7. The molecule has 0 bridgehead atoms. The fraction of sp³-hybridized carbons (Fsp3) is 0.667. The van der Waals surface area contributed by atoms with Crippen molar-refractivity contribution >= 4 is 17.3 Å². The molecule has 0 unspecified atom stereocenters. The Hall–Kier alpha value is -0.730. The van der Waals surface area contributed by atoms with E-state index in [1.54, 1.807) is 0 Å². The van der Waals surface area contributed by atoms with E-state index in [2.05, 4.69) is 36.3 Å². The summed E-state index contributed by atoms with van der Waals surface area (Å²) in [6.45, 7) is 5.34. The number of nitrogens with zero attached hydrogens (tertiary/aromatic N) is 1. The molecule has 0 aliphatic heterocycles. The molecule has 0 heterocycles. The van der Waals surface area contributed by atoms with Crippen molar-refractivity contribution in [3.63, 3.8) is 0 Å². The summed E-state index contributed by atoms with van der Waals surface area (Å²) in [6, 6.07) is 6.29. The fourth-order valence-electron chi connectivity index (χ4n) is 3.30. The van der Waals surface area contributed by atoms with E-state index in [0.29, 0.717) is 0 Å². The van der Waals surface area contributed by atoms with Crippen LogP contribution < -0.4 is 10.2 Å². The van der Waals surface area contributed by atoms with Crippen molar-refractivity contribution in [2.75, 3.05) is 25.0 Å². The standard InChI is InChI=1S/C18H29ClN2/c1-3-11-20-13-16-9-10-17(19)12-18(16)21(2)14-15-7-5-4-6-8-15/h9-10,12,15,20H,3-8,11,13-14H2,1-2H3. The molecule has 3 heteroatoms. The topological polar surface area (TPSA) is 15.3 Å². The molecule has 0 amide bonds. The van der Waals surface area contributed by atoms with Crippen LogP contribution in [0.3, 0.4) is 0 Å². The molecule has 21 heavy (non-hydrogen) atoms. The lowest BCUT2D eigenvalue weighted by atomic mass is 9.89. The van der Waals surface area contributed by atoms with Gasteiger partial charge in [-0.25, -0.2) is 0 Å². The number of hydrogen-bond acceptors (Lipinski definition) is 2. The van der Waals surface area contributed by atoms with Crippen LogP contribution in [0.25, 0.3) is 0 Å². The summed E-state index contributed by atoms with van der Waals surface area (Å²) in [5.74, 6) is 0.846. The molecule has 1 saturated carbocycles. The highest BCUT2D eigenvalue weighted by molar-refractivity contribution is 6.30. The van der Waals surface area contributed by atoms with Gasteiger partial charge < -0.3 is 10.2 Å². The zero-order valence-corrected chi connectivity index (χ0v) is 14.3. The molecule has 1 N–H and O–H groups in total. The molecule has 0 radical (unpaired) electrons. The van der Waals surface area contributed by atoms with E-state index in [9.17, 15) is 0 Å². The van der Waals surface area contributed by atoms with Gasteiger partial charge in [0.15, 0.2) is 0 Å². The van der Waals surface area contributed by atoms with Crippen molar-refractivity contribution < 1.29 is 0 Å². The number of anilines is 1. The first-order chi connectivity index (χ1) is 10.2. The molecule has 2 nitrogen and oxygen atoms in total. The number of hydrogen-bond donors (Lipinski definition) is 1. The quantitative estimate of drug-likeness (QED) is 0.724. The molecule has 1 aliphatic carbocycles. The Morgan fingerprint density at radius 1 is 1.24 bits per heavy atom. The van der Waals surface area contributed by atoms with Crippen LogP contribution in [-0.2, 0) is 6.54 Å². The summed E-state index contributed by atoms with van der Waals surface area (Å²) >= 11 is 6.22. The van der Waals surface area contributed by atoms with Gasteiger partial charge in [0.2, 0.25) is 0 Å². The van der Waals surface area contributed by atoms with Crippen molar-refractivity contribution in [1.82, 2.24) is 5.32 Å². The predicted octanol–water partition coefficient (Wildman–Crippen LogP) is 4.86. The van der Waals surface area contributed by atoms with Crippen molar-refractivity contribution in [2.24, 2.45) is 5.92 Å². The minimum Gasteiger partial charge on any atom is -0.374 e. The SMILES string of the molecule is CCCNCc1ccc(Cl)cc1N(C)CC1CCCCC1. The Balaban J connectivity index is 2.02. The monoisotopic (exact) mass is 308 g/mol. The van der Waals surface area contributed by atoms with Crippen LogP contribution in [0.15, 0.2) is 18.2 Å². The molecular formula is C18H29ClN2. The Morgan fingerprint density at radius 2 is 2.00 bits per heavy atom. The Kier molecular flexibility index (Phi) is 6.85. The molecule has 1 aromatic rings. The van der Waals surface area contributed by atoms with Crippen molar-refractivity contribution in [3.8, 4) is 0 Å². The lowest BCUT2D eigenvalue weighted by Crippen LogP contribution is -2.28. The summed E-state index contributed by atoms with van der Waals surface area (Å²) in [5.41, 5.74) is 2.64. The van der Waals surface area contributed by atoms with Crippen LogP contribution >= 0.6 is 11.6 Å².